The number of fused-ring (bicyclic) bond motifs is 1. The number of benzene rings is 1. The average Bonchev–Trinajstić information content (AvgIpc) is 2.67. The molecular formula is C18H26N2O4S. The third-order valence-electron chi connectivity index (χ3n) is 5.00. The normalized spacial score (nSPS) is 27.0. The van der Waals surface area contributed by atoms with Crippen molar-refractivity contribution in [2.45, 2.75) is 43.0 Å². The number of amides is 1. The van der Waals surface area contributed by atoms with Crippen LogP contribution in [0, 0.1) is 5.92 Å². The van der Waals surface area contributed by atoms with E-state index in [1.54, 1.807) is 34.6 Å². The van der Waals surface area contributed by atoms with Gasteiger partial charge in [-0.1, -0.05) is 31.0 Å². The maximum atomic E-state index is 13.3. The molecule has 1 aromatic rings. The van der Waals surface area contributed by atoms with E-state index in [1.165, 1.54) is 0 Å². The lowest BCUT2D eigenvalue weighted by molar-refractivity contribution is -0.127. The zero-order chi connectivity index (χ0) is 17.7. The van der Waals surface area contributed by atoms with Crippen LogP contribution < -0.4 is 5.32 Å². The highest BCUT2D eigenvalue weighted by molar-refractivity contribution is 7.89. The van der Waals surface area contributed by atoms with Crippen molar-refractivity contribution in [3.63, 3.8) is 0 Å². The molecule has 1 heterocycles. The first-order valence-corrected chi connectivity index (χ1v) is 10.5. The second-order valence-electron chi connectivity index (χ2n) is 6.64. The summed E-state index contributed by atoms with van der Waals surface area (Å²) in [5.74, 6) is -0.339. The number of ether oxygens (including phenoxy) is 1. The fourth-order valence-corrected chi connectivity index (χ4v) is 5.51. The molecule has 2 atom stereocenters. The fourth-order valence-electron chi connectivity index (χ4n) is 3.76. The molecule has 138 valence electrons. The van der Waals surface area contributed by atoms with Gasteiger partial charge in [-0.15, -0.1) is 0 Å². The van der Waals surface area contributed by atoms with Crippen LogP contribution in [0.15, 0.2) is 35.2 Å². The predicted octanol–water partition coefficient (Wildman–Crippen LogP) is 1.77. The summed E-state index contributed by atoms with van der Waals surface area (Å²) >= 11 is 0. The Morgan fingerprint density at radius 3 is 2.60 bits per heavy atom. The molecule has 0 aromatic heterocycles. The zero-order valence-corrected chi connectivity index (χ0v) is 15.2. The summed E-state index contributed by atoms with van der Waals surface area (Å²) in [4.78, 5) is 12.9. The van der Waals surface area contributed by atoms with Gasteiger partial charge < -0.3 is 10.1 Å². The number of hydrogen-bond acceptors (Lipinski definition) is 4. The Hall–Kier alpha value is -1.44. The molecule has 0 bridgehead atoms. The molecule has 0 radical (unpaired) electrons. The summed E-state index contributed by atoms with van der Waals surface area (Å²) < 4.78 is 33.6. The van der Waals surface area contributed by atoms with E-state index in [-0.39, 0.29) is 22.8 Å². The summed E-state index contributed by atoms with van der Waals surface area (Å²) in [5.41, 5.74) is 0. The summed E-state index contributed by atoms with van der Waals surface area (Å²) in [6.45, 7) is 1.82. The Bertz CT molecular complexity index is 678. The van der Waals surface area contributed by atoms with E-state index in [0.717, 1.165) is 25.7 Å². The minimum atomic E-state index is -3.64. The first kappa shape index (κ1) is 18.4. The molecule has 1 aliphatic heterocycles. The van der Waals surface area contributed by atoms with Crippen LogP contribution in [0.4, 0.5) is 0 Å². The summed E-state index contributed by atoms with van der Waals surface area (Å²) in [6.07, 6.45) is 4.00. The number of nitrogens with one attached hydrogen (secondary N) is 1. The van der Waals surface area contributed by atoms with Gasteiger partial charge in [-0.25, -0.2) is 8.42 Å². The number of nitrogens with zero attached hydrogens (tertiary/aromatic N) is 1. The van der Waals surface area contributed by atoms with Crippen molar-refractivity contribution in [2.24, 2.45) is 5.92 Å². The molecule has 2 aliphatic rings. The quantitative estimate of drug-likeness (QED) is 0.866. The van der Waals surface area contributed by atoms with Gasteiger partial charge in [0.15, 0.2) is 0 Å². The van der Waals surface area contributed by atoms with E-state index in [4.69, 9.17) is 4.74 Å². The maximum Gasteiger partial charge on any atom is 0.243 e. The lowest BCUT2D eigenvalue weighted by Crippen LogP contribution is -2.51. The van der Waals surface area contributed by atoms with Crippen LogP contribution >= 0.6 is 0 Å². The van der Waals surface area contributed by atoms with Crippen molar-refractivity contribution < 1.29 is 17.9 Å². The Morgan fingerprint density at radius 1 is 1.04 bits per heavy atom. The number of carbonyl (C=O) groups is 1. The van der Waals surface area contributed by atoms with Crippen molar-refractivity contribution in [3.05, 3.63) is 30.3 Å². The highest BCUT2D eigenvalue weighted by Crippen LogP contribution is 2.32. The topological polar surface area (TPSA) is 75.7 Å². The van der Waals surface area contributed by atoms with Gasteiger partial charge in [0.1, 0.15) is 0 Å². The smallest absolute Gasteiger partial charge is 0.243 e. The Kier molecular flexibility index (Phi) is 6.09. The van der Waals surface area contributed by atoms with Crippen molar-refractivity contribution in [1.82, 2.24) is 9.62 Å². The Balaban J connectivity index is 1.95. The molecule has 0 spiro atoms. The molecular weight excluding hydrogens is 340 g/mol. The van der Waals surface area contributed by atoms with Gasteiger partial charge in [0, 0.05) is 25.7 Å². The number of hydrogen-bond donors (Lipinski definition) is 1. The van der Waals surface area contributed by atoms with E-state index < -0.39 is 10.0 Å². The fraction of sp³-hybridized carbons (Fsp3) is 0.611. The molecule has 1 saturated carbocycles. The molecule has 2 fully saturated rings. The van der Waals surface area contributed by atoms with Crippen LogP contribution in [0.3, 0.4) is 0 Å². The third-order valence-corrected chi connectivity index (χ3v) is 6.94. The molecule has 1 N–H and O–H groups in total. The van der Waals surface area contributed by atoms with Crippen LogP contribution in [0.25, 0.3) is 0 Å². The Morgan fingerprint density at radius 2 is 1.80 bits per heavy atom. The highest BCUT2D eigenvalue weighted by atomic mass is 32.2. The molecule has 7 heteroatoms. The molecule has 25 heavy (non-hydrogen) atoms. The maximum absolute atomic E-state index is 13.3. The summed E-state index contributed by atoms with van der Waals surface area (Å²) in [5, 5.41) is 2.91. The molecule has 1 amide bonds. The van der Waals surface area contributed by atoms with Gasteiger partial charge in [-0.2, -0.15) is 4.31 Å². The van der Waals surface area contributed by atoms with Gasteiger partial charge in [0.25, 0.3) is 0 Å². The number of rotatable bonds is 2. The van der Waals surface area contributed by atoms with Crippen molar-refractivity contribution >= 4 is 15.9 Å². The second kappa shape index (κ2) is 8.29. The monoisotopic (exact) mass is 366 g/mol. The van der Waals surface area contributed by atoms with Crippen LogP contribution in [0.2, 0.25) is 0 Å². The van der Waals surface area contributed by atoms with Gasteiger partial charge in [-0.3, -0.25) is 4.79 Å². The van der Waals surface area contributed by atoms with Gasteiger partial charge in [0.05, 0.1) is 17.4 Å². The van der Waals surface area contributed by atoms with Crippen molar-refractivity contribution in [3.8, 4) is 0 Å². The van der Waals surface area contributed by atoms with Crippen LogP contribution in [-0.2, 0) is 19.6 Å². The molecule has 1 aliphatic carbocycles. The average molecular weight is 366 g/mol. The van der Waals surface area contributed by atoms with Gasteiger partial charge in [0.2, 0.25) is 15.9 Å². The third kappa shape index (κ3) is 4.22. The zero-order valence-electron chi connectivity index (χ0n) is 14.4. The molecule has 0 unspecified atom stereocenters. The minimum Gasteiger partial charge on any atom is -0.380 e. The summed E-state index contributed by atoms with van der Waals surface area (Å²) in [7, 11) is -3.64. The number of carbonyl (C=O) groups excluding carboxylic acids is 1. The van der Waals surface area contributed by atoms with Crippen LogP contribution in [-0.4, -0.2) is 51.0 Å². The largest absolute Gasteiger partial charge is 0.380 e. The molecule has 6 nitrogen and oxygen atoms in total. The predicted molar refractivity (Wildman–Crippen MR) is 94.5 cm³/mol. The SMILES string of the molecule is O=C1NCCOCCCN(S(=O)(=O)c2ccccc2)[C@H]2CCCC[C@@H]12. The lowest BCUT2D eigenvalue weighted by atomic mass is 9.83. The van der Waals surface area contributed by atoms with E-state index in [1.807, 2.05) is 0 Å². The highest BCUT2D eigenvalue weighted by Gasteiger charge is 2.40. The molecule has 1 saturated heterocycles. The van der Waals surface area contributed by atoms with Crippen LogP contribution in [0.5, 0.6) is 0 Å². The van der Waals surface area contributed by atoms with Crippen molar-refractivity contribution in [1.29, 1.82) is 0 Å². The van der Waals surface area contributed by atoms with E-state index in [2.05, 4.69) is 5.32 Å². The number of sulfonamides is 1. The lowest BCUT2D eigenvalue weighted by Gasteiger charge is -2.38. The standard InChI is InChI=1S/C18H26N2O4S/c21-18-16-9-4-5-10-17(16)20(12-6-13-24-14-11-19-18)25(22,23)15-7-2-1-3-8-15/h1-3,7-8,16-17H,4-6,9-14H2,(H,19,21)/t16-,17+/m1/s1. The van der Waals surface area contributed by atoms with Crippen molar-refractivity contribution in [2.75, 3.05) is 26.3 Å². The Labute approximate surface area is 149 Å². The minimum absolute atomic E-state index is 0.0524. The molecule has 1 aromatic carbocycles. The summed E-state index contributed by atoms with van der Waals surface area (Å²) in [6, 6.07) is 8.22. The van der Waals surface area contributed by atoms with E-state index in [9.17, 15) is 13.2 Å². The van der Waals surface area contributed by atoms with Gasteiger partial charge in [-0.05, 0) is 31.4 Å². The first-order valence-electron chi connectivity index (χ1n) is 9.03. The van der Waals surface area contributed by atoms with E-state index >= 15 is 0 Å². The van der Waals surface area contributed by atoms with Crippen LogP contribution in [0.1, 0.15) is 32.1 Å². The van der Waals surface area contributed by atoms with Gasteiger partial charge >= 0.3 is 0 Å². The first-order chi connectivity index (χ1) is 12.1. The molecule has 3 rings (SSSR count). The second-order valence-corrected chi connectivity index (χ2v) is 8.53. The van der Waals surface area contributed by atoms with E-state index in [0.29, 0.717) is 32.7 Å².